The molecule has 0 radical (unpaired) electrons. The maximum absolute atomic E-state index is 13.0. The van der Waals surface area contributed by atoms with Crippen molar-refractivity contribution < 1.29 is 13.2 Å². The number of sulfonamides is 1. The topological polar surface area (TPSA) is 66.5 Å². The van der Waals surface area contributed by atoms with Gasteiger partial charge in [-0.05, 0) is 62.3 Å². The molecule has 1 heterocycles. The van der Waals surface area contributed by atoms with Crippen LogP contribution in [0.1, 0.15) is 76.2 Å². The molecule has 1 aromatic carbocycles. The third kappa shape index (κ3) is 4.28. The van der Waals surface area contributed by atoms with Crippen LogP contribution in [0, 0.1) is 5.92 Å². The van der Waals surface area contributed by atoms with Crippen LogP contribution < -0.4 is 9.62 Å². The lowest BCUT2D eigenvalue weighted by atomic mass is 9.83. The summed E-state index contributed by atoms with van der Waals surface area (Å²) in [5, 5.41) is 0. The van der Waals surface area contributed by atoms with Crippen LogP contribution in [-0.4, -0.2) is 26.9 Å². The Balaban J connectivity index is 1.51. The average Bonchev–Trinajstić information content (AvgIpc) is 2.61. The van der Waals surface area contributed by atoms with Gasteiger partial charge >= 0.3 is 0 Å². The first kappa shape index (κ1) is 19.9. The quantitative estimate of drug-likeness (QED) is 0.819. The molecular formula is C22H32N2O3S. The van der Waals surface area contributed by atoms with E-state index in [1.165, 1.54) is 19.3 Å². The van der Waals surface area contributed by atoms with Crippen LogP contribution >= 0.6 is 0 Å². The van der Waals surface area contributed by atoms with Crippen LogP contribution in [0.25, 0.3) is 0 Å². The van der Waals surface area contributed by atoms with Crippen molar-refractivity contribution in [2.75, 3.05) is 11.4 Å². The minimum atomic E-state index is -3.52. The second kappa shape index (κ2) is 8.54. The first-order valence-electron chi connectivity index (χ1n) is 11.0. The van der Waals surface area contributed by atoms with Crippen molar-refractivity contribution in [3.05, 3.63) is 23.8 Å². The SMILES string of the molecule is O=C(C1CCC1)N1CCCc2cc(S(=O)(=O)NC3CCCCCCC3)ccc21. The molecule has 1 amide bonds. The fourth-order valence-corrected chi connectivity index (χ4v) is 6.06. The van der Waals surface area contributed by atoms with Crippen LogP contribution in [0.3, 0.4) is 0 Å². The highest BCUT2D eigenvalue weighted by Crippen LogP contribution is 2.35. The summed E-state index contributed by atoms with van der Waals surface area (Å²) in [7, 11) is -3.52. The van der Waals surface area contributed by atoms with Gasteiger partial charge in [0.15, 0.2) is 0 Å². The normalized spacial score (nSPS) is 22.1. The number of nitrogens with one attached hydrogen (secondary N) is 1. The van der Waals surface area contributed by atoms with Crippen molar-refractivity contribution in [3.63, 3.8) is 0 Å². The summed E-state index contributed by atoms with van der Waals surface area (Å²) < 4.78 is 28.9. The van der Waals surface area contributed by atoms with E-state index in [1.54, 1.807) is 12.1 Å². The van der Waals surface area contributed by atoms with E-state index in [0.29, 0.717) is 4.90 Å². The van der Waals surface area contributed by atoms with Gasteiger partial charge in [0.2, 0.25) is 15.9 Å². The average molecular weight is 405 g/mol. The van der Waals surface area contributed by atoms with E-state index in [2.05, 4.69) is 4.72 Å². The van der Waals surface area contributed by atoms with Crippen LogP contribution in [0.4, 0.5) is 5.69 Å². The number of carbonyl (C=O) groups excluding carboxylic acids is 1. The second-order valence-electron chi connectivity index (χ2n) is 8.68. The molecule has 154 valence electrons. The highest BCUT2D eigenvalue weighted by atomic mass is 32.2. The number of rotatable bonds is 4. The lowest BCUT2D eigenvalue weighted by Crippen LogP contribution is -2.42. The van der Waals surface area contributed by atoms with Gasteiger partial charge in [-0.15, -0.1) is 0 Å². The molecule has 0 bridgehead atoms. The summed E-state index contributed by atoms with van der Waals surface area (Å²) in [6.45, 7) is 0.745. The van der Waals surface area contributed by atoms with Crippen LogP contribution in [0.2, 0.25) is 0 Å². The number of fused-ring (bicyclic) bond motifs is 1. The van der Waals surface area contributed by atoms with Crippen LogP contribution in [0.5, 0.6) is 0 Å². The van der Waals surface area contributed by atoms with Gasteiger partial charge in [0.25, 0.3) is 0 Å². The maximum atomic E-state index is 13.0. The van der Waals surface area contributed by atoms with Crippen molar-refractivity contribution in [3.8, 4) is 0 Å². The third-order valence-corrected chi connectivity index (χ3v) is 8.15. The summed E-state index contributed by atoms with van der Waals surface area (Å²) in [5.74, 6) is 0.380. The third-order valence-electron chi connectivity index (χ3n) is 6.63. The molecule has 1 aromatic rings. The van der Waals surface area contributed by atoms with Crippen molar-refractivity contribution in [1.29, 1.82) is 0 Å². The number of hydrogen-bond donors (Lipinski definition) is 1. The molecule has 2 aliphatic carbocycles. The molecule has 2 fully saturated rings. The van der Waals surface area contributed by atoms with Crippen LogP contribution in [0.15, 0.2) is 23.1 Å². The fourth-order valence-electron chi connectivity index (χ4n) is 4.71. The Hall–Kier alpha value is -1.40. The number of anilines is 1. The zero-order chi connectivity index (χ0) is 19.6. The largest absolute Gasteiger partial charge is 0.312 e. The van der Waals surface area contributed by atoms with E-state index in [9.17, 15) is 13.2 Å². The molecule has 0 unspecified atom stereocenters. The Morgan fingerprint density at radius 1 is 0.929 bits per heavy atom. The first-order chi connectivity index (χ1) is 13.5. The molecule has 5 nitrogen and oxygen atoms in total. The minimum Gasteiger partial charge on any atom is -0.312 e. The van der Waals surface area contributed by atoms with Gasteiger partial charge in [-0.1, -0.05) is 38.5 Å². The number of carbonyl (C=O) groups is 1. The fraction of sp³-hybridized carbons (Fsp3) is 0.682. The number of aryl methyl sites for hydroxylation is 1. The van der Waals surface area contributed by atoms with Gasteiger partial charge in [-0.25, -0.2) is 13.1 Å². The Labute approximate surface area is 168 Å². The van der Waals surface area contributed by atoms with Crippen LogP contribution in [-0.2, 0) is 21.2 Å². The second-order valence-corrected chi connectivity index (χ2v) is 10.4. The van der Waals surface area contributed by atoms with Crippen molar-refractivity contribution in [1.82, 2.24) is 4.72 Å². The molecule has 0 atom stereocenters. The summed E-state index contributed by atoms with van der Waals surface area (Å²) in [6.07, 6.45) is 12.5. The molecule has 1 N–H and O–H groups in total. The van der Waals surface area contributed by atoms with Crippen molar-refractivity contribution >= 4 is 21.6 Å². The van der Waals surface area contributed by atoms with E-state index >= 15 is 0 Å². The van der Waals surface area contributed by atoms with E-state index < -0.39 is 10.0 Å². The molecule has 28 heavy (non-hydrogen) atoms. The maximum Gasteiger partial charge on any atom is 0.240 e. The minimum absolute atomic E-state index is 0.0398. The summed E-state index contributed by atoms with van der Waals surface area (Å²) in [5.41, 5.74) is 1.90. The molecule has 6 heteroatoms. The molecule has 3 aliphatic rings. The highest BCUT2D eigenvalue weighted by molar-refractivity contribution is 7.89. The Morgan fingerprint density at radius 2 is 1.64 bits per heavy atom. The lowest BCUT2D eigenvalue weighted by Gasteiger charge is -2.35. The Morgan fingerprint density at radius 3 is 2.32 bits per heavy atom. The Kier molecular flexibility index (Phi) is 6.07. The van der Waals surface area contributed by atoms with Gasteiger partial charge in [0, 0.05) is 24.2 Å². The van der Waals surface area contributed by atoms with Gasteiger partial charge in [0.1, 0.15) is 0 Å². The number of benzene rings is 1. The molecule has 4 rings (SSSR count). The molecular weight excluding hydrogens is 372 g/mol. The van der Waals surface area contributed by atoms with E-state index in [0.717, 1.165) is 75.6 Å². The summed E-state index contributed by atoms with van der Waals surface area (Å²) in [6, 6.07) is 5.35. The molecule has 2 saturated carbocycles. The molecule has 1 aliphatic heterocycles. The van der Waals surface area contributed by atoms with Gasteiger partial charge < -0.3 is 4.90 Å². The smallest absolute Gasteiger partial charge is 0.240 e. The standard InChI is InChI=1S/C22H32N2O3S/c25-22(17-8-6-9-17)24-15-7-10-18-16-20(13-14-21(18)24)28(26,27)23-19-11-4-2-1-3-5-12-19/h13-14,16-17,19,23H,1-12,15H2. The van der Waals surface area contributed by atoms with E-state index in [-0.39, 0.29) is 17.9 Å². The lowest BCUT2D eigenvalue weighted by molar-refractivity contribution is -0.124. The summed E-state index contributed by atoms with van der Waals surface area (Å²) >= 11 is 0. The predicted molar refractivity (Wildman–Crippen MR) is 111 cm³/mol. The molecule has 0 saturated heterocycles. The molecule has 0 spiro atoms. The van der Waals surface area contributed by atoms with Crippen molar-refractivity contribution in [2.45, 2.75) is 88.0 Å². The monoisotopic (exact) mass is 404 g/mol. The first-order valence-corrected chi connectivity index (χ1v) is 12.5. The Bertz CT molecular complexity index is 809. The summed E-state index contributed by atoms with van der Waals surface area (Å²) in [4.78, 5) is 15.0. The number of hydrogen-bond acceptors (Lipinski definition) is 3. The van der Waals surface area contributed by atoms with E-state index in [1.807, 2.05) is 11.0 Å². The molecule has 0 aromatic heterocycles. The highest BCUT2D eigenvalue weighted by Gasteiger charge is 2.33. The van der Waals surface area contributed by atoms with Gasteiger partial charge in [-0.2, -0.15) is 0 Å². The van der Waals surface area contributed by atoms with Gasteiger partial charge in [-0.3, -0.25) is 4.79 Å². The van der Waals surface area contributed by atoms with Gasteiger partial charge in [0.05, 0.1) is 4.90 Å². The zero-order valence-electron chi connectivity index (χ0n) is 16.7. The zero-order valence-corrected chi connectivity index (χ0v) is 17.5. The van der Waals surface area contributed by atoms with E-state index in [4.69, 9.17) is 0 Å². The van der Waals surface area contributed by atoms with Crippen molar-refractivity contribution in [2.24, 2.45) is 5.92 Å². The number of nitrogens with zero attached hydrogens (tertiary/aromatic N) is 1. The number of amides is 1. The predicted octanol–water partition coefficient (Wildman–Crippen LogP) is 4.16.